The van der Waals surface area contributed by atoms with Crippen LogP contribution in [0.5, 0.6) is 34.5 Å². The van der Waals surface area contributed by atoms with Crippen molar-refractivity contribution in [2.24, 2.45) is 0 Å². The van der Waals surface area contributed by atoms with Gasteiger partial charge in [-0.3, -0.25) is 20.2 Å². The highest BCUT2D eigenvalue weighted by atomic mass is 16.6. The first-order valence-electron chi connectivity index (χ1n) is 11.3. The summed E-state index contributed by atoms with van der Waals surface area (Å²) in [5.74, 6) is 1.19. The molecule has 2 aliphatic rings. The number of hydrogen-bond donors (Lipinski definition) is 5. The maximum Gasteiger partial charge on any atom is 0.273 e. The Bertz CT molecular complexity index is 1320. The van der Waals surface area contributed by atoms with Crippen LogP contribution >= 0.6 is 0 Å². The minimum absolute atomic E-state index is 0.0379. The van der Waals surface area contributed by atoms with Crippen molar-refractivity contribution >= 4 is 17.1 Å². The Labute approximate surface area is 220 Å². The molecule has 2 aliphatic heterocycles. The van der Waals surface area contributed by atoms with Gasteiger partial charge >= 0.3 is 0 Å². The van der Waals surface area contributed by atoms with Crippen LogP contribution in [0.4, 0.5) is 17.1 Å². The third-order valence-corrected chi connectivity index (χ3v) is 5.12. The average Bonchev–Trinajstić information content (AvgIpc) is 2.94. The molecular formula is C24H25N3O12. The predicted molar refractivity (Wildman–Crippen MR) is 134 cm³/mol. The lowest BCUT2D eigenvalue weighted by molar-refractivity contribution is -0.385. The van der Waals surface area contributed by atoms with E-state index in [9.17, 15) is 20.2 Å². The molecule has 5 rings (SSSR count). The fourth-order valence-electron chi connectivity index (χ4n) is 3.15. The van der Waals surface area contributed by atoms with Crippen molar-refractivity contribution in [3.8, 4) is 34.5 Å². The summed E-state index contributed by atoms with van der Waals surface area (Å²) in [6.45, 7) is 0.387. The standard InChI is InChI=1S/C9H9NO5.C9H11NO3.C6H5NO4/c11-4-7-5-14-9-3-6(10(12)13)1-2-8(9)15-7;10-6-1-2-8-9(3-6)12-5-7(4-11)13-8;8-5-2-1-4(7(10)11)3-6(5)9/h1-3,7,11H,4-5H2;1-3,7,11H,4-5,10H2;1-3,8-9H. The molecule has 3 aromatic carbocycles. The number of non-ortho nitro benzene ring substituents is 2. The zero-order chi connectivity index (χ0) is 28.5. The van der Waals surface area contributed by atoms with Crippen molar-refractivity contribution in [2.45, 2.75) is 12.2 Å². The molecular weight excluding hydrogens is 522 g/mol. The summed E-state index contributed by atoms with van der Waals surface area (Å²) in [5.41, 5.74) is 5.92. The summed E-state index contributed by atoms with van der Waals surface area (Å²) >= 11 is 0. The molecule has 2 atom stereocenters. The van der Waals surface area contributed by atoms with E-state index >= 15 is 0 Å². The Morgan fingerprint density at radius 3 is 1.72 bits per heavy atom. The maximum absolute atomic E-state index is 10.5. The molecule has 208 valence electrons. The number of hydrogen-bond acceptors (Lipinski definition) is 13. The molecule has 6 N–H and O–H groups in total. The van der Waals surface area contributed by atoms with Gasteiger partial charge < -0.3 is 45.1 Å². The number of nitro groups is 2. The van der Waals surface area contributed by atoms with Crippen LogP contribution in [0.3, 0.4) is 0 Å². The highest BCUT2D eigenvalue weighted by Crippen LogP contribution is 2.35. The number of aliphatic hydroxyl groups is 2. The molecule has 0 aromatic heterocycles. The number of rotatable bonds is 4. The normalized spacial score (nSPS) is 16.5. The van der Waals surface area contributed by atoms with Gasteiger partial charge in [0.15, 0.2) is 46.7 Å². The smallest absolute Gasteiger partial charge is 0.273 e. The van der Waals surface area contributed by atoms with E-state index in [1.165, 1.54) is 18.2 Å². The van der Waals surface area contributed by atoms with Gasteiger partial charge in [-0.1, -0.05) is 0 Å². The summed E-state index contributed by atoms with van der Waals surface area (Å²) in [6.07, 6.45) is -0.671. The number of benzene rings is 3. The zero-order valence-corrected chi connectivity index (χ0v) is 20.2. The van der Waals surface area contributed by atoms with Crippen molar-refractivity contribution in [3.05, 3.63) is 74.8 Å². The second-order valence-electron chi connectivity index (χ2n) is 7.99. The fraction of sp³-hybridized carbons (Fsp3) is 0.250. The second kappa shape index (κ2) is 13.0. The summed E-state index contributed by atoms with van der Waals surface area (Å²) in [6, 6.07) is 12.4. The van der Waals surface area contributed by atoms with Crippen LogP contribution in [0.15, 0.2) is 54.6 Å². The van der Waals surface area contributed by atoms with Gasteiger partial charge in [0.25, 0.3) is 11.4 Å². The molecule has 0 radical (unpaired) electrons. The zero-order valence-electron chi connectivity index (χ0n) is 20.2. The van der Waals surface area contributed by atoms with Crippen LogP contribution in [-0.4, -0.2) is 68.9 Å². The molecule has 15 nitrogen and oxygen atoms in total. The van der Waals surface area contributed by atoms with E-state index in [0.717, 1.165) is 18.2 Å². The van der Waals surface area contributed by atoms with Gasteiger partial charge in [-0.15, -0.1) is 0 Å². The largest absolute Gasteiger partial charge is 0.504 e. The van der Waals surface area contributed by atoms with E-state index < -0.39 is 21.7 Å². The monoisotopic (exact) mass is 547 g/mol. The summed E-state index contributed by atoms with van der Waals surface area (Å²) in [7, 11) is 0. The number of anilines is 1. The lowest BCUT2D eigenvalue weighted by Crippen LogP contribution is -2.32. The Kier molecular flexibility index (Phi) is 9.50. The van der Waals surface area contributed by atoms with Crippen molar-refractivity contribution in [2.75, 3.05) is 32.2 Å². The number of phenols is 2. The number of aliphatic hydroxyl groups excluding tert-OH is 2. The predicted octanol–water partition coefficient (Wildman–Crippen LogP) is 2.13. The van der Waals surface area contributed by atoms with Crippen LogP contribution in [-0.2, 0) is 0 Å². The first kappa shape index (κ1) is 28.5. The van der Waals surface area contributed by atoms with Crippen LogP contribution in [0, 0.1) is 20.2 Å². The van der Waals surface area contributed by atoms with E-state index in [0.29, 0.717) is 35.3 Å². The summed E-state index contributed by atoms with van der Waals surface area (Å²) < 4.78 is 21.3. The van der Waals surface area contributed by atoms with Crippen LogP contribution in [0.25, 0.3) is 0 Å². The highest BCUT2D eigenvalue weighted by molar-refractivity contribution is 5.52. The quantitative estimate of drug-likeness (QED) is 0.137. The third-order valence-electron chi connectivity index (χ3n) is 5.12. The average molecular weight is 547 g/mol. The van der Waals surface area contributed by atoms with Gasteiger partial charge in [0.1, 0.15) is 13.2 Å². The van der Waals surface area contributed by atoms with E-state index in [1.807, 2.05) is 0 Å². The molecule has 0 saturated heterocycles. The van der Waals surface area contributed by atoms with Crippen LogP contribution in [0.1, 0.15) is 0 Å². The first-order chi connectivity index (χ1) is 18.6. The van der Waals surface area contributed by atoms with Gasteiger partial charge in [-0.25, -0.2) is 0 Å². The Hall–Kier alpha value is -5.02. The number of nitrogen functional groups attached to an aromatic ring is 1. The Morgan fingerprint density at radius 2 is 1.21 bits per heavy atom. The molecule has 0 spiro atoms. The Balaban J connectivity index is 0.000000164. The lowest BCUT2D eigenvalue weighted by Gasteiger charge is -2.25. The van der Waals surface area contributed by atoms with E-state index in [2.05, 4.69) is 0 Å². The van der Waals surface area contributed by atoms with Gasteiger partial charge in [-0.05, 0) is 24.3 Å². The van der Waals surface area contributed by atoms with Gasteiger partial charge in [0.05, 0.1) is 35.2 Å². The number of aromatic hydroxyl groups is 2. The highest BCUT2D eigenvalue weighted by Gasteiger charge is 2.22. The molecule has 0 fully saturated rings. The van der Waals surface area contributed by atoms with Crippen molar-refractivity contribution in [3.63, 3.8) is 0 Å². The van der Waals surface area contributed by atoms with E-state index in [1.54, 1.807) is 18.2 Å². The number of nitro benzene ring substituents is 2. The molecule has 0 aliphatic carbocycles. The molecule has 15 heteroatoms. The Morgan fingerprint density at radius 1 is 0.718 bits per heavy atom. The summed E-state index contributed by atoms with van der Waals surface area (Å²) in [4.78, 5) is 19.4. The topological polar surface area (TPSA) is 230 Å². The number of ether oxygens (including phenoxy) is 4. The molecule has 0 amide bonds. The third kappa shape index (κ3) is 7.73. The summed E-state index contributed by atoms with van der Waals surface area (Å²) in [5, 5.41) is 55.8. The number of nitrogens with two attached hydrogens (primary N) is 1. The number of phenolic OH excluding ortho intramolecular Hbond substituents is 2. The molecule has 3 aromatic rings. The minimum atomic E-state index is -0.654. The molecule has 0 bridgehead atoms. The lowest BCUT2D eigenvalue weighted by atomic mass is 10.2. The van der Waals surface area contributed by atoms with Crippen LogP contribution < -0.4 is 24.7 Å². The van der Waals surface area contributed by atoms with Gasteiger partial charge in [0, 0.05) is 23.9 Å². The van der Waals surface area contributed by atoms with E-state index in [-0.39, 0.29) is 43.0 Å². The molecule has 2 unspecified atom stereocenters. The van der Waals surface area contributed by atoms with Crippen molar-refractivity contribution in [1.29, 1.82) is 0 Å². The number of nitrogens with zero attached hydrogens (tertiary/aromatic N) is 2. The fourth-order valence-corrected chi connectivity index (χ4v) is 3.15. The van der Waals surface area contributed by atoms with Crippen LogP contribution in [0.2, 0.25) is 0 Å². The van der Waals surface area contributed by atoms with Crippen molar-refractivity contribution in [1.82, 2.24) is 0 Å². The maximum atomic E-state index is 10.5. The molecule has 39 heavy (non-hydrogen) atoms. The molecule has 2 heterocycles. The molecule has 0 saturated carbocycles. The van der Waals surface area contributed by atoms with Crippen molar-refractivity contribution < 1.29 is 49.2 Å². The van der Waals surface area contributed by atoms with E-state index in [4.69, 9.17) is 45.1 Å². The first-order valence-corrected chi connectivity index (χ1v) is 11.3. The second-order valence-corrected chi connectivity index (χ2v) is 7.99. The number of fused-ring (bicyclic) bond motifs is 2. The minimum Gasteiger partial charge on any atom is -0.504 e. The van der Waals surface area contributed by atoms with Gasteiger partial charge in [-0.2, -0.15) is 0 Å². The SMILES string of the molecule is Nc1ccc2c(c1)OCC(CO)O2.O=[N+]([O-])c1ccc(O)c(O)c1.O=[N+]([O-])c1ccc2c(c1)OCC(CO)O2. The van der Waals surface area contributed by atoms with Gasteiger partial charge in [0.2, 0.25) is 0 Å².